The number of hydrogen-bond acceptors (Lipinski definition) is 3. The van der Waals surface area contributed by atoms with Gasteiger partial charge in [0.15, 0.2) is 0 Å². The standard InChI is InChI=1S/C21H22F2N2O2.ClH/c22-17-7-4-8-18(23)19(17)21(15-9-10-24-11-16(15)21)13-25-20(26)27-12-14-5-2-1-3-6-14;/h1-8,15-16,24H,9-13H2,(H,25,26);1H/t15-,16+,21+;/m1./s1. The van der Waals surface area contributed by atoms with Crippen molar-refractivity contribution in [3.63, 3.8) is 0 Å². The number of amides is 1. The van der Waals surface area contributed by atoms with Crippen molar-refractivity contribution in [1.82, 2.24) is 10.6 Å². The fourth-order valence-corrected chi connectivity index (χ4v) is 4.56. The highest BCUT2D eigenvalue weighted by atomic mass is 35.5. The van der Waals surface area contributed by atoms with Gasteiger partial charge in [-0.1, -0.05) is 36.4 Å². The van der Waals surface area contributed by atoms with Gasteiger partial charge in [0.2, 0.25) is 0 Å². The van der Waals surface area contributed by atoms with Crippen molar-refractivity contribution in [2.24, 2.45) is 11.8 Å². The minimum atomic E-state index is -0.718. The van der Waals surface area contributed by atoms with Crippen molar-refractivity contribution >= 4 is 18.5 Å². The molecule has 1 aliphatic carbocycles. The summed E-state index contributed by atoms with van der Waals surface area (Å²) in [5, 5.41) is 6.03. The Bertz CT molecular complexity index is 802. The van der Waals surface area contributed by atoms with E-state index in [2.05, 4.69) is 10.6 Å². The van der Waals surface area contributed by atoms with Gasteiger partial charge in [0, 0.05) is 17.5 Å². The molecule has 4 nitrogen and oxygen atoms in total. The van der Waals surface area contributed by atoms with Crippen LogP contribution < -0.4 is 10.6 Å². The van der Waals surface area contributed by atoms with Crippen molar-refractivity contribution in [3.8, 4) is 0 Å². The predicted octanol–water partition coefficient (Wildman–Crippen LogP) is 3.79. The van der Waals surface area contributed by atoms with Crippen LogP contribution in [-0.2, 0) is 16.8 Å². The molecule has 1 aliphatic heterocycles. The van der Waals surface area contributed by atoms with Crippen molar-refractivity contribution in [1.29, 1.82) is 0 Å². The molecule has 3 atom stereocenters. The lowest BCUT2D eigenvalue weighted by Gasteiger charge is -2.21. The Morgan fingerprint density at radius 3 is 2.46 bits per heavy atom. The van der Waals surface area contributed by atoms with Crippen LogP contribution in [0.2, 0.25) is 0 Å². The molecule has 1 saturated carbocycles. The number of benzene rings is 2. The van der Waals surface area contributed by atoms with Crippen molar-refractivity contribution in [2.45, 2.75) is 18.4 Å². The lowest BCUT2D eigenvalue weighted by Crippen LogP contribution is -2.36. The maximum absolute atomic E-state index is 14.5. The monoisotopic (exact) mass is 408 g/mol. The van der Waals surface area contributed by atoms with E-state index in [1.807, 2.05) is 30.3 Å². The molecule has 2 fully saturated rings. The van der Waals surface area contributed by atoms with E-state index in [0.29, 0.717) is 6.54 Å². The number of carbonyl (C=O) groups excluding carboxylic acids is 1. The maximum Gasteiger partial charge on any atom is 0.407 e. The van der Waals surface area contributed by atoms with E-state index in [1.54, 1.807) is 0 Å². The Morgan fingerprint density at radius 2 is 1.82 bits per heavy atom. The molecule has 0 aromatic heterocycles. The van der Waals surface area contributed by atoms with Crippen LogP contribution in [-0.4, -0.2) is 25.7 Å². The SMILES string of the molecule is Cl.O=C(NC[C@]1(c2c(F)cccc2F)[C@@H]2CCNC[C@@H]21)OCc1ccccc1. The third-order valence-electron chi connectivity index (χ3n) is 5.86. The summed E-state index contributed by atoms with van der Waals surface area (Å²) in [5.74, 6) is -0.848. The minimum absolute atomic E-state index is 0. The average molecular weight is 409 g/mol. The number of alkyl carbamates (subject to hydrolysis) is 1. The summed E-state index contributed by atoms with van der Waals surface area (Å²) >= 11 is 0. The Balaban J connectivity index is 0.00000225. The van der Waals surface area contributed by atoms with Gasteiger partial charge in [-0.2, -0.15) is 0 Å². The molecule has 0 bridgehead atoms. The van der Waals surface area contributed by atoms with Gasteiger partial charge in [-0.3, -0.25) is 0 Å². The summed E-state index contributed by atoms with van der Waals surface area (Å²) in [7, 11) is 0. The third kappa shape index (κ3) is 3.71. The fraction of sp³-hybridized carbons (Fsp3) is 0.381. The van der Waals surface area contributed by atoms with E-state index in [9.17, 15) is 13.6 Å². The first kappa shape index (κ1) is 20.6. The minimum Gasteiger partial charge on any atom is -0.445 e. The highest BCUT2D eigenvalue weighted by Crippen LogP contribution is 2.63. The Morgan fingerprint density at radius 1 is 1.11 bits per heavy atom. The zero-order valence-electron chi connectivity index (χ0n) is 15.3. The van der Waals surface area contributed by atoms with E-state index >= 15 is 0 Å². The quantitative estimate of drug-likeness (QED) is 0.791. The Labute approximate surface area is 169 Å². The Kier molecular flexibility index (Phi) is 6.20. The molecule has 0 spiro atoms. The molecule has 1 heterocycles. The number of rotatable bonds is 5. The van der Waals surface area contributed by atoms with Gasteiger partial charge >= 0.3 is 6.09 Å². The van der Waals surface area contributed by atoms with Gasteiger partial charge in [0.05, 0.1) is 0 Å². The normalized spacial score (nSPS) is 25.2. The number of fused-ring (bicyclic) bond motifs is 1. The molecule has 2 aromatic rings. The molecule has 0 radical (unpaired) electrons. The van der Waals surface area contributed by atoms with Gasteiger partial charge in [0.25, 0.3) is 0 Å². The number of hydrogen-bond donors (Lipinski definition) is 2. The van der Waals surface area contributed by atoms with Crippen LogP contribution in [0.1, 0.15) is 17.5 Å². The molecule has 0 unspecified atom stereocenters. The highest BCUT2D eigenvalue weighted by molar-refractivity contribution is 5.85. The van der Waals surface area contributed by atoms with Crippen LogP contribution in [0.4, 0.5) is 13.6 Å². The smallest absolute Gasteiger partial charge is 0.407 e. The van der Waals surface area contributed by atoms with E-state index < -0.39 is 23.1 Å². The molecular formula is C21H23ClF2N2O2. The molecule has 1 amide bonds. The third-order valence-corrected chi connectivity index (χ3v) is 5.86. The zero-order chi connectivity index (χ0) is 18.9. The predicted molar refractivity (Wildman–Crippen MR) is 104 cm³/mol. The highest BCUT2D eigenvalue weighted by Gasteiger charge is 2.67. The number of ether oxygens (including phenoxy) is 1. The van der Waals surface area contributed by atoms with Gasteiger partial charge in [-0.25, -0.2) is 13.6 Å². The van der Waals surface area contributed by atoms with Crippen LogP contribution >= 0.6 is 12.4 Å². The van der Waals surface area contributed by atoms with E-state index in [4.69, 9.17) is 4.74 Å². The number of carbonyl (C=O) groups is 1. The second-order valence-corrected chi connectivity index (χ2v) is 7.26. The Hall–Kier alpha value is -2.18. The summed E-state index contributed by atoms with van der Waals surface area (Å²) < 4.78 is 34.3. The van der Waals surface area contributed by atoms with Crippen LogP contribution in [0.3, 0.4) is 0 Å². The molecule has 2 aromatic carbocycles. The van der Waals surface area contributed by atoms with Gasteiger partial charge in [-0.15, -0.1) is 12.4 Å². The summed E-state index contributed by atoms with van der Waals surface area (Å²) in [5.41, 5.74) is 0.254. The van der Waals surface area contributed by atoms with Crippen molar-refractivity contribution in [2.75, 3.05) is 19.6 Å². The molecule has 4 rings (SSSR count). The topological polar surface area (TPSA) is 50.4 Å². The molecular weight excluding hydrogens is 386 g/mol. The van der Waals surface area contributed by atoms with E-state index in [1.165, 1.54) is 18.2 Å². The molecule has 7 heteroatoms. The lowest BCUT2D eigenvalue weighted by atomic mass is 9.90. The molecule has 150 valence electrons. The second-order valence-electron chi connectivity index (χ2n) is 7.26. The van der Waals surface area contributed by atoms with Crippen LogP contribution in [0.25, 0.3) is 0 Å². The number of halogens is 3. The first-order valence-electron chi connectivity index (χ1n) is 9.22. The summed E-state index contributed by atoms with van der Waals surface area (Å²) in [6, 6.07) is 13.3. The lowest BCUT2D eigenvalue weighted by molar-refractivity contribution is 0.138. The molecule has 2 N–H and O–H groups in total. The maximum atomic E-state index is 14.5. The number of nitrogens with one attached hydrogen (secondary N) is 2. The van der Waals surface area contributed by atoms with Crippen LogP contribution in [0, 0.1) is 23.5 Å². The van der Waals surface area contributed by atoms with Crippen molar-refractivity contribution in [3.05, 3.63) is 71.3 Å². The summed E-state index contributed by atoms with van der Waals surface area (Å²) in [6.45, 7) is 1.83. The average Bonchev–Trinajstić information content (AvgIpc) is 3.34. The first-order chi connectivity index (χ1) is 13.1. The molecule has 1 saturated heterocycles. The fourth-order valence-electron chi connectivity index (χ4n) is 4.56. The van der Waals surface area contributed by atoms with Gasteiger partial charge < -0.3 is 15.4 Å². The largest absolute Gasteiger partial charge is 0.445 e. The molecule has 2 aliphatic rings. The first-order valence-corrected chi connectivity index (χ1v) is 9.22. The van der Waals surface area contributed by atoms with Crippen LogP contribution in [0.15, 0.2) is 48.5 Å². The van der Waals surface area contributed by atoms with Gasteiger partial charge in [0.1, 0.15) is 18.2 Å². The zero-order valence-corrected chi connectivity index (χ0v) is 16.1. The van der Waals surface area contributed by atoms with Gasteiger partial charge in [-0.05, 0) is 49.0 Å². The van der Waals surface area contributed by atoms with Crippen LogP contribution in [0.5, 0.6) is 0 Å². The summed E-state index contributed by atoms with van der Waals surface area (Å²) in [6.07, 6.45) is 0.255. The second kappa shape index (κ2) is 8.45. The van der Waals surface area contributed by atoms with E-state index in [0.717, 1.165) is 18.5 Å². The summed E-state index contributed by atoms with van der Waals surface area (Å²) in [4.78, 5) is 12.2. The van der Waals surface area contributed by atoms with Crippen molar-refractivity contribution < 1.29 is 18.3 Å². The number of piperidine rings is 1. The van der Waals surface area contributed by atoms with E-state index in [-0.39, 0.29) is 43.0 Å². The molecule has 28 heavy (non-hydrogen) atoms.